The summed E-state index contributed by atoms with van der Waals surface area (Å²) in [5, 5.41) is 4.00. The molecule has 0 aliphatic heterocycles. The van der Waals surface area contributed by atoms with Crippen LogP contribution in [0.4, 0.5) is 0 Å². The smallest absolute Gasteiger partial charge is 0.0342 e. The van der Waals surface area contributed by atoms with Crippen molar-refractivity contribution in [3.05, 3.63) is 0 Å². The zero-order valence-electron chi connectivity index (χ0n) is 9.40. The molecule has 1 rings (SSSR count). The third-order valence-corrected chi connectivity index (χ3v) is 3.42. The second kappa shape index (κ2) is 7.53. The van der Waals surface area contributed by atoms with Gasteiger partial charge in [-0.2, -0.15) is 0 Å². The highest BCUT2D eigenvalue weighted by Crippen LogP contribution is 2.30. The SMILES string of the molecule is CCCCCCCNCC1CC(Cl)C1. The van der Waals surface area contributed by atoms with E-state index in [9.17, 15) is 0 Å². The van der Waals surface area contributed by atoms with Gasteiger partial charge in [-0.15, -0.1) is 11.6 Å². The van der Waals surface area contributed by atoms with Gasteiger partial charge in [0.25, 0.3) is 0 Å². The molecule has 0 bridgehead atoms. The lowest BCUT2D eigenvalue weighted by Gasteiger charge is -2.30. The Morgan fingerprint density at radius 2 is 1.86 bits per heavy atom. The predicted molar refractivity (Wildman–Crippen MR) is 64.0 cm³/mol. The number of nitrogens with one attached hydrogen (secondary N) is 1. The monoisotopic (exact) mass is 217 g/mol. The van der Waals surface area contributed by atoms with Crippen LogP contribution < -0.4 is 5.32 Å². The molecule has 0 spiro atoms. The van der Waals surface area contributed by atoms with Crippen molar-refractivity contribution in [2.24, 2.45) is 5.92 Å². The highest BCUT2D eigenvalue weighted by atomic mass is 35.5. The molecule has 0 saturated heterocycles. The first-order chi connectivity index (χ1) is 6.83. The molecule has 0 aromatic heterocycles. The van der Waals surface area contributed by atoms with E-state index in [-0.39, 0.29) is 0 Å². The second-order valence-electron chi connectivity index (χ2n) is 4.55. The van der Waals surface area contributed by atoms with Gasteiger partial charge in [0, 0.05) is 5.38 Å². The molecule has 1 N–H and O–H groups in total. The van der Waals surface area contributed by atoms with Crippen molar-refractivity contribution in [2.45, 2.75) is 57.2 Å². The molecule has 0 unspecified atom stereocenters. The summed E-state index contributed by atoms with van der Waals surface area (Å²) in [6.45, 7) is 4.65. The van der Waals surface area contributed by atoms with Gasteiger partial charge in [-0.3, -0.25) is 0 Å². The van der Waals surface area contributed by atoms with Crippen molar-refractivity contribution in [3.8, 4) is 0 Å². The Morgan fingerprint density at radius 3 is 2.50 bits per heavy atom. The number of hydrogen-bond acceptors (Lipinski definition) is 1. The van der Waals surface area contributed by atoms with Crippen molar-refractivity contribution in [1.29, 1.82) is 0 Å². The lowest BCUT2D eigenvalue weighted by molar-refractivity contribution is 0.308. The first-order valence-corrected chi connectivity index (χ1v) is 6.61. The normalized spacial score (nSPS) is 26.1. The van der Waals surface area contributed by atoms with Crippen LogP contribution in [-0.2, 0) is 0 Å². The summed E-state index contributed by atoms with van der Waals surface area (Å²) >= 11 is 5.91. The van der Waals surface area contributed by atoms with Crippen LogP contribution in [0.2, 0.25) is 0 Å². The van der Waals surface area contributed by atoms with Gasteiger partial charge in [-0.05, 0) is 38.3 Å². The minimum atomic E-state index is 0.478. The summed E-state index contributed by atoms with van der Waals surface area (Å²) < 4.78 is 0. The molecule has 0 aromatic rings. The van der Waals surface area contributed by atoms with Gasteiger partial charge in [-0.25, -0.2) is 0 Å². The molecule has 0 amide bonds. The summed E-state index contributed by atoms with van der Waals surface area (Å²) in [6.07, 6.45) is 9.34. The van der Waals surface area contributed by atoms with E-state index < -0.39 is 0 Å². The van der Waals surface area contributed by atoms with Crippen LogP contribution in [-0.4, -0.2) is 18.5 Å². The molecular formula is C12H24ClN. The number of halogens is 1. The van der Waals surface area contributed by atoms with Crippen LogP contribution in [0.25, 0.3) is 0 Å². The molecule has 0 atom stereocenters. The molecule has 1 aliphatic rings. The van der Waals surface area contributed by atoms with Gasteiger partial charge in [0.2, 0.25) is 0 Å². The molecular weight excluding hydrogens is 194 g/mol. The van der Waals surface area contributed by atoms with Crippen molar-refractivity contribution in [3.63, 3.8) is 0 Å². The largest absolute Gasteiger partial charge is 0.316 e. The van der Waals surface area contributed by atoms with Crippen molar-refractivity contribution < 1.29 is 0 Å². The number of rotatable bonds is 8. The molecule has 14 heavy (non-hydrogen) atoms. The third-order valence-electron chi connectivity index (χ3n) is 3.07. The highest BCUT2D eigenvalue weighted by Gasteiger charge is 2.26. The summed E-state index contributed by atoms with van der Waals surface area (Å²) in [7, 11) is 0. The number of hydrogen-bond donors (Lipinski definition) is 1. The molecule has 0 heterocycles. The van der Waals surface area contributed by atoms with Gasteiger partial charge >= 0.3 is 0 Å². The minimum absolute atomic E-state index is 0.478. The van der Waals surface area contributed by atoms with Gasteiger partial charge in [0.05, 0.1) is 0 Å². The van der Waals surface area contributed by atoms with E-state index in [1.807, 2.05) is 0 Å². The van der Waals surface area contributed by atoms with Gasteiger partial charge in [0.1, 0.15) is 0 Å². The topological polar surface area (TPSA) is 12.0 Å². The Bertz CT molecular complexity index is 132. The first-order valence-electron chi connectivity index (χ1n) is 6.17. The van der Waals surface area contributed by atoms with E-state index in [0.717, 1.165) is 5.92 Å². The molecule has 2 heteroatoms. The summed E-state index contributed by atoms with van der Waals surface area (Å²) in [5.74, 6) is 0.869. The maximum absolute atomic E-state index is 5.91. The third kappa shape index (κ3) is 5.21. The van der Waals surface area contributed by atoms with E-state index in [2.05, 4.69) is 12.2 Å². The van der Waals surface area contributed by atoms with Gasteiger partial charge in [-0.1, -0.05) is 32.6 Å². The van der Waals surface area contributed by atoms with E-state index in [1.54, 1.807) is 0 Å². The number of unbranched alkanes of at least 4 members (excludes halogenated alkanes) is 4. The Labute approximate surface area is 93.6 Å². The molecule has 0 radical (unpaired) electrons. The predicted octanol–water partition coefficient (Wildman–Crippen LogP) is 3.56. The quantitative estimate of drug-likeness (QED) is 0.484. The summed E-state index contributed by atoms with van der Waals surface area (Å²) in [5.41, 5.74) is 0. The van der Waals surface area contributed by atoms with E-state index in [1.165, 1.54) is 58.0 Å². The van der Waals surface area contributed by atoms with Gasteiger partial charge in [0.15, 0.2) is 0 Å². The average Bonchev–Trinajstić information content (AvgIpc) is 2.13. The maximum Gasteiger partial charge on any atom is 0.0342 e. The highest BCUT2D eigenvalue weighted by molar-refractivity contribution is 6.21. The average molecular weight is 218 g/mol. The lowest BCUT2D eigenvalue weighted by atomic mass is 9.85. The van der Waals surface area contributed by atoms with Crippen LogP contribution >= 0.6 is 11.6 Å². The Kier molecular flexibility index (Phi) is 6.63. The Morgan fingerprint density at radius 1 is 1.14 bits per heavy atom. The minimum Gasteiger partial charge on any atom is -0.316 e. The van der Waals surface area contributed by atoms with Crippen LogP contribution in [0.1, 0.15) is 51.9 Å². The van der Waals surface area contributed by atoms with Crippen molar-refractivity contribution >= 4 is 11.6 Å². The zero-order chi connectivity index (χ0) is 10.2. The standard InChI is InChI=1S/C12H24ClN/c1-2-3-4-5-6-7-14-10-11-8-12(13)9-11/h11-12,14H,2-10H2,1H3. The fourth-order valence-electron chi connectivity index (χ4n) is 1.98. The molecule has 0 aromatic carbocycles. The summed E-state index contributed by atoms with van der Waals surface area (Å²) in [6, 6.07) is 0. The van der Waals surface area contributed by atoms with Crippen molar-refractivity contribution in [2.75, 3.05) is 13.1 Å². The lowest BCUT2D eigenvalue weighted by Crippen LogP contribution is -2.33. The van der Waals surface area contributed by atoms with E-state index in [4.69, 9.17) is 11.6 Å². The first kappa shape index (κ1) is 12.3. The van der Waals surface area contributed by atoms with E-state index in [0.29, 0.717) is 5.38 Å². The van der Waals surface area contributed by atoms with Crippen LogP contribution in [0.5, 0.6) is 0 Å². The van der Waals surface area contributed by atoms with Crippen LogP contribution in [0.3, 0.4) is 0 Å². The Balaban J connectivity index is 1.72. The van der Waals surface area contributed by atoms with Crippen LogP contribution in [0, 0.1) is 5.92 Å². The molecule has 1 aliphatic carbocycles. The molecule has 1 fully saturated rings. The van der Waals surface area contributed by atoms with E-state index >= 15 is 0 Å². The van der Waals surface area contributed by atoms with Crippen molar-refractivity contribution in [1.82, 2.24) is 5.32 Å². The zero-order valence-corrected chi connectivity index (χ0v) is 10.2. The fourth-order valence-corrected chi connectivity index (χ4v) is 2.48. The molecule has 1 saturated carbocycles. The molecule has 84 valence electrons. The summed E-state index contributed by atoms with van der Waals surface area (Å²) in [4.78, 5) is 0. The Hall–Kier alpha value is 0.250. The molecule has 1 nitrogen and oxygen atoms in total. The maximum atomic E-state index is 5.91. The van der Waals surface area contributed by atoms with Gasteiger partial charge < -0.3 is 5.32 Å². The number of alkyl halides is 1. The second-order valence-corrected chi connectivity index (χ2v) is 5.17. The fraction of sp³-hybridized carbons (Fsp3) is 1.00. The van der Waals surface area contributed by atoms with Crippen LogP contribution in [0.15, 0.2) is 0 Å².